The fourth-order valence-corrected chi connectivity index (χ4v) is 2.56. The number of hydrogen-bond donors (Lipinski definition) is 1. The van der Waals surface area contributed by atoms with Gasteiger partial charge in [0, 0.05) is 15.8 Å². The van der Waals surface area contributed by atoms with E-state index in [0.29, 0.717) is 6.04 Å². The molecule has 5 heteroatoms. The van der Waals surface area contributed by atoms with Crippen molar-refractivity contribution >= 4 is 34.2 Å². The van der Waals surface area contributed by atoms with Crippen LogP contribution < -0.4 is 5.32 Å². The molecule has 1 fully saturated rings. The van der Waals surface area contributed by atoms with E-state index in [1.807, 2.05) is 6.92 Å². The third-order valence-electron chi connectivity index (χ3n) is 2.97. The first-order chi connectivity index (χ1) is 8.63. The standard InChI is InChI=1S/C13H13FIN3/c1-8-7-18(10-3-4-10)13(16-8)17-12-5-2-9(14)6-11(12)15/h2,5-7,10H,3-4H2,1H3,(H,16,17). The highest BCUT2D eigenvalue weighted by Gasteiger charge is 2.26. The number of anilines is 2. The number of halogens is 2. The Kier molecular flexibility index (Phi) is 3.01. The maximum absolute atomic E-state index is 13.1. The van der Waals surface area contributed by atoms with Crippen molar-refractivity contribution in [2.24, 2.45) is 0 Å². The SMILES string of the molecule is Cc1cn(C2CC2)c(Nc2ccc(F)cc2I)n1. The van der Waals surface area contributed by atoms with E-state index in [2.05, 4.69) is 43.7 Å². The van der Waals surface area contributed by atoms with Crippen LogP contribution in [0.4, 0.5) is 16.0 Å². The molecule has 0 unspecified atom stereocenters. The maximum atomic E-state index is 13.1. The van der Waals surface area contributed by atoms with Crippen LogP contribution >= 0.6 is 22.6 Å². The molecule has 0 aliphatic heterocycles. The van der Waals surface area contributed by atoms with Crippen molar-refractivity contribution in [2.75, 3.05) is 5.32 Å². The van der Waals surface area contributed by atoms with Gasteiger partial charge in [0.15, 0.2) is 0 Å². The molecule has 0 spiro atoms. The summed E-state index contributed by atoms with van der Waals surface area (Å²) in [4.78, 5) is 4.49. The number of aromatic nitrogens is 2. The molecule has 94 valence electrons. The summed E-state index contributed by atoms with van der Waals surface area (Å²) in [7, 11) is 0. The first-order valence-corrected chi connectivity index (χ1v) is 6.99. The predicted octanol–water partition coefficient (Wildman–Crippen LogP) is 4.01. The van der Waals surface area contributed by atoms with Gasteiger partial charge in [0.1, 0.15) is 5.82 Å². The van der Waals surface area contributed by atoms with Crippen LogP contribution in [0.15, 0.2) is 24.4 Å². The lowest BCUT2D eigenvalue weighted by atomic mass is 10.3. The summed E-state index contributed by atoms with van der Waals surface area (Å²) in [5.74, 6) is 0.631. The van der Waals surface area contributed by atoms with Gasteiger partial charge in [-0.1, -0.05) is 0 Å². The third kappa shape index (κ3) is 2.36. The molecule has 18 heavy (non-hydrogen) atoms. The number of nitrogens with one attached hydrogen (secondary N) is 1. The average Bonchev–Trinajstić information content (AvgIpc) is 3.08. The van der Waals surface area contributed by atoms with Crippen LogP contribution in [-0.2, 0) is 0 Å². The largest absolute Gasteiger partial charge is 0.325 e. The van der Waals surface area contributed by atoms with Gasteiger partial charge in [-0.2, -0.15) is 0 Å². The van der Waals surface area contributed by atoms with Gasteiger partial charge in [0.05, 0.1) is 11.4 Å². The topological polar surface area (TPSA) is 29.9 Å². The second-order valence-electron chi connectivity index (χ2n) is 4.59. The lowest BCUT2D eigenvalue weighted by molar-refractivity contribution is 0.627. The molecule has 3 rings (SSSR count). The summed E-state index contributed by atoms with van der Waals surface area (Å²) >= 11 is 2.12. The van der Waals surface area contributed by atoms with Gasteiger partial charge in [-0.15, -0.1) is 0 Å². The van der Waals surface area contributed by atoms with Crippen LogP contribution in [-0.4, -0.2) is 9.55 Å². The summed E-state index contributed by atoms with van der Waals surface area (Å²) in [6, 6.07) is 5.30. The summed E-state index contributed by atoms with van der Waals surface area (Å²) < 4.78 is 16.1. The van der Waals surface area contributed by atoms with Crippen molar-refractivity contribution in [1.82, 2.24) is 9.55 Å². The molecular weight excluding hydrogens is 344 g/mol. The molecule has 2 aromatic rings. The molecule has 1 aromatic heterocycles. The van der Waals surface area contributed by atoms with Gasteiger partial charge in [-0.25, -0.2) is 9.37 Å². The van der Waals surface area contributed by atoms with E-state index >= 15 is 0 Å². The number of imidazole rings is 1. The summed E-state index contributed by atoms with van der Waals surface area (Å²) in [5, 5.41) is 3.29. The summed E-state index contributed by atoms with van der Waals surface area (Å²) in [5.41, 5.74) is 1.89. The van der Waals surface area contributed by atoms with E-state index in [4.69, 9.17) is 0 Å². The maximum Gasteiger partial charge on any atom is 0.207 e. The van der Waals surface area contributed by atoms with E-state index < -0.39 is 0 Å². The van der Waals surface area contributed by atoms with Crippen molar-refractivity contribution in [1.29, 1.82) is 0 Å². The van der Waals surface area contributed by atoms with Crippen LogP contribution in [0.3, 0.4) is 0 Å². The molecule has 1 aromatic carbocycles. The molecule has 3 nitrogen and oxygen atoms in total. The Hall–Kier alpha value is -1.11. The highest BCUT2D eigenvalue weighted by Crippen LogP contribution is 2.38. The lowest BCUT2D eigenvalue weighted by Crippen LogP contribution is -2.02. The zero-order valence-electron chi connectivity index (χ0n) is 9.95. The average molecular weight is 357 g/mol. The molecule has 1 N–H and O–H groups in total. The molecule has 1 heterocycles. The van der Waals surface area contributed by atoms with Gasteiger partial charge >= 0.3 is 0 Å². The first-order valence-electron chi connectivity index (χ1n) is 5.91. The molecule has 0 bridgehead atoms. The minimum atomic E-state index is -0.216. The second-order valence-corrected chi connectivity index (χ2v) is 5.76. The fourth-order valence-electron chi connectivity index (χ4n) is 1.95. The Bertz CT molecular complexity index is 590. The minimum Gasteiger partial charge on any atom is -0.325 e. The summed E-state index contributed by atoms with van der Waals surface area (Å²) in [6.07, 6.45) is 4.49. The first kappa shape index (κ1) is 12.0. The normalized spacial score (nSPS) is 14.8. The Morgan fingerprint density at radius 3 is 2.89 bits per heavy atom. The van der Waals surface area contributed by atoms with Crippen molar-refractivity contribution in [3.05, 3.63) is 39.5 Å². The van der Waals surface area contributed by atoms with Crippen molar-refractivity contribution in [2.45, 2.75) is 25.8 Å². The van der Waals surface area contributed by atoms with Crippen LogP contribution in [0, 0.1) is 16.3 Å². The van der Waals surface area contributed by atoms with E-state index in [-0.39, 0.29) is 5.82 Å². The molecule has 0 atom stereocenters. The minimum absolute atomic E-state index is 0.216. The number of nitrogens with zero attached hydrogens (tertiary/aromatic N) is 2. The van der Waals surface area contributed by atoms with Crippen LogP contribution in [0.1, 0.15) is 24.6 Å². The Balaban J connectivity index is 1.91. The monoisotopic (exact) mass is 357 g/mol. The Labute approximate surface area is 119 Å². The van der Waals surface area contributed by atoms with Crippen LogP contribution in [0.5, 0.6) is 0 Å². The molecular formula is C13H13FIN3. The van der Waals surface area contributed by atoms with Crippen molar-refractivity contribution < 1.29 is 4.39 Å². The quantitative estimate of drug-likeness (QED) is 0.842. The molecule has 0 radical (unpaired) electrons. The zero-order valence-corrected chi connectivity index (χ0v) is 12.1. The van der Waals surface area contributed by atoms with E-state index in [1.54, 1.807) is 6.07 Å². The van der Waals surface area contributed by atoms with Crippen molar-refractivity contribution in [3.8, 4) is 0 Å². The van der Waals surface area contributed by atoms with Crippen LogP contribution in [0.2, 0.25) is 0 Å². The van der Waals surface area contributed by atoms with Crippen molar-refractivity contribution in [3.63, 3.8) is 0 Å². The van der Waals surface area contributed by atoms with Gasteiger partial charge < -0.3 is 9.88 Å². The number of aryl methyl sites for hydroxylation is 1. The zero-order chi connectivity index (χ0) is 12.7. The number of rotatable bonds is 3. The number of benzene rings is 1. The van der Waals surface area contributed by atoms with Gasteiger partial charge in [-0.05, 0) is 60.6 Å². The molecule has 0 amide bonds. The smallest absolute Gasteiger partial charge is 0.207 e. The fraction of sp³-hybridized carbons (Fsp3) is 0.308. The highest BCUT2D eigenvalue weighted by atomic mass is 127. The van der Waals surface area contributed by atoms with E-state index in [0.717, 1.165) is 20.9 Å². The lowest BCUT2D eigenvalue weighted by Gasteiger charge is -2.10. The van der Waals surface area contributed by atoms with Crippen LogP contribution in [0.25, 0.3) is 0 Å². The molecule has 1 aliphatic rings. The molecule has 0 saturated heterocycles. The van der Waals surface area contributed by atoms with Gasteiger partial charge in [-0.3, -0.25) is 0 Å². The molecule has 1 saturated carbocycles. The van der Waals surface area contributed by atoms with E-state index in [1.165, 1.54) is 25.0 Å². The third-order valence-corrected chi connectivity index (χ3v) is 3.86. The summed E-state index contributed by atoms with van der Waals surface area (Å²) in [6.45, 7) is 1.99. The Morgan fingerprint density at radius 2 is 2.22 bits per heavy atom. The molecule has 1 aliphatic carbocycles. The predicted molar refractivity (Wildman–Crippen MR) is 77.6 cm³/mol. The van der Waals surface area contributed by atoms with Gasteiger partial charge in [0.25, 0.3) is 0 Å². The van der Waals surface area contributed by atoms with Gasteiger partial charge in [0.2, 0.25) is 5.95 Å². The van der Waals surface area contributed by atoms with E-state index in [9.17, 15) is 4.39 Å². The number of hydrogen-bond acceptors (Lipinski definition) is 2. The second kappa shape index (κ2) is 4.53. The highest BCUT2D eigenvalue weighted by molar-refractivity contribution is 14.1. The Morgan fingerprint density at radius 1 is 1.44 bits per heavy atom.